The fourth-order valence-electron chi connectivity index (χ4n) is 7.50. The molecule has 0 nitrogen and oxygen atoms in total. The Morgan fingerprint density at radius 3 is 1.96 bits per heavy atom. The van der Waals surface area contributed by atoms with Crippen LogP contribution >= 0.6 is 0 Å². The lowest BCUT2D eigenvalue weighted by Gasteiger charge is -2.46. The molecule has 134 valence electrons. The van der Waals surface area contributed by atoms with Crippen molar-refractivity contribution in [3.05, 3.63) is 12.2 Å². The quantitative estimate of drug-likeness (QED) is 0.347. The van der Waals surface area contributed by atoms with Crippen LogP contribution in [0.4, 0.5) is 0 Å². The molecule has 3 unspecified atom stereocenters. The normalized spacial score (nSPS) is 35.5. The predicted octanol–water partition coefficient (Wildman–Crippen LogP) is 7.68. The first-order valence-electron chi connectivity index (χ1n) is 11.5. The van der Waals surface area contributed by atoms with Gasteiger partial charge in [-0.25, -0.2) is 0 Å². The van der Waals surface area contributed by atoms with Gasteiger partial charge in [0.1, 0.15) is 0 Å². The first-order chi connectivity index (χ1) is 11.8. The van der Waals surface area contributed by atoms with Gasteiger partial charge < -0.3 is 0 Å². The fraction of sp³-hybridized carbons (Fsp3) is 0.913. The van der Waals surface area contributed by atoms with Crippen LogP contribution < -0.4 is 0 Å². The van der Waals surface area contributed by atoms with Crippen molar-refractivity contribution < 1.29 is 0 Å². The summed E-state index contributed by atoms with van der Waals surface area (Å²) in [4.78, 5) is 0. The van der Waals surface area contributed by atoms with Gasteiger partial charge in [0, 0.05) is 0 Å². The van der Waals surface area contributed by atoms with Gasteiger partial charge in [-0.2, -0.15) is 0 Å². The molecule has 0 aromatic rings. The minimum Gasteiger partial charge on any atom is -0.0848 e. The molecule has 4 aliphatic rings. The number of hydrogen-bond donors (Lipinski definition) is 0. The summed E-state index contributed by atoms with van der Waals surface area (Å²) in [7, 11) is 0. The molecule has 0 amide bonds. The Morgan fingerprint density at radius 2 is 1.54 bits per heavy atom. The van der Waals surface area contributed by atoms with E-state index in [1.165, 1.54) is 70.6 Å². The molecular weight excluding hydrogens is 287 g/mol. The van der Waals surface area contributed by atoms with E-state index in [1.807, 2.05) is 0 Å². The summed E-state index contributed by atoms with van der Waals surface area (Å²) < 4.78 is 0. The van der Waals surface area contributed by atoms with E-state index in [9.17, 15) is 0 Å². The van der Waals surface area contributed by atoms with Gasteiger partial charge in [0.15, 0.2) is 6.71 Å². The molecule has 0 aromatic carbocycles. The predicted molar refractivity (Wildman–Crippen MR) is 107 cm³/mol. The Morgan fingerprint density at radius 1 is 0.917 bits per heavy atom. The van der Waals surface area contributed by atoms with Crippen molar-refractivity contribution >= 4 is 6.71 Å². The van der Waals surface area contributed by atoms with Gasteiger partial charge in [-0.3, -0.25) is 0 Å². The summed E-state index contributed by atoms with van der Waals surface area (Å²) in [5.41, 5.74) is 0.625. The van der Waals surface area contributed by atoms with Crippen LogP contribution in [0.15, 0.2) is 12.2 Å². The van der Waals surface area contributed by atoms with Crippen molar-refractivity contribution in [3.63, 3.8) is 0 Å². The van der Waals surface area contributed by atoms with E-state index in [0.29, 0.717) is 5.41 Å². The highest BCUT2D eigenvalue weighted by atomic mass is 14.5. The van der Waals surface area contributed by atoms with Gasteiger partial charge in [-0.15, -0.1) is 0 Å². The lowest BCUT2D eigenvalue weighted by atomic mass is 9.21. The second-order valence-corrected chi connectivity index (χ2v) is 9.86. The van der Waals surface area contributed by atoms with Crippen LogP contribution in [-0.2, 0) is 0 Å². The van der Waals surface area contributed by atoms with Crippen molar-refractivity contribution in [1.29, 1.82) is 0 Å². The molecule has 3 atom stereocenters. The summed E-state index contributed by atoms with van der Waals surface area (Å²) in [6, 6.07) is 0. The Labute approximate surface area is 151 Å². The number of allylic oxidation sites excluding steroid dienone is 2. The molecule has 0 heterocycles. The molecular formula is C23H39B. The molecule has 0 radical (unpaired) electrons. The minimum absolute atomic E-state index is 0.625. The summed E-state index contributed by atoms with van der Waals surface area (Å²) in [6.45, 7) is 3.51. The summed E-state index contributed by atoms with van der Waals surface area (Å²) in [5, 5.41) is 0. The van der Waals surface area contributed by atoms with Crippen LogP contribution in [0.2, 0.25) is 17.5 Å². The zero-order chi connectivity index (χ0) is 16.4. The van der Waals surface area contributed by atoms with Gasteiger partial charge in [0.2, 0.25) is 0 Å². The zero-order valence-electron chi connectivity index (χ0n) is 16.1. The molecule has 3 fully saturated rings. The van der Waals surface area contributed by atoms with Crippen molar-refractivity contribution in [2.24, 2.45) is 11.3 Å². The summed E-state index contributed by atoms with van der Waals surface area (Å²) in [5.74, 6) is 4.10. The molecule has 0 saturated heterocycles. The lowest BCUT2D eigenvalue weighted by molar-refractivity contribution is 0.334. The fourth-order valence-corrected chi connectivity index (χ4v) is 7.50. The third kappa shape index (κ3) is 3.26. The maximum absolute atomic E-state index is 2.74. The molecule has 3 saturated carbocycles. The van der Waals surface area contributed by atoms with E-state index < -0.39 is 0 Å². The van der Waals surface area contributed by atoms with Crippen LogP contribution in [0, 0.1) is 11.3 Å². The lowest BCUT2D eigenvalue weighted by Crippen LogP contribution is -2.41. The van der Waals surface area contributed by atoms with Crippen LogP contribution in [0.25, 0.3) is 0 Å². The molecule has 0 aromatic heterocycles. The smallest absolute Gasteiger partial charge is 0.0848 e. The minimum atomic E-state index is 0.625. The first-order valence-corrected chi connectivity index (χ1v) is 11.5. The number of rotatable bonds is 6. The third-order valence-electron chi connectivity index (χ3n) is 8.51. The molecule has 4 rings (SSSR count). The Hall–Kier alpha value is -0.195. The maximum atomic E-state index is 2.74. The van der Waals surface area contributed by atoms with Gasteiger partial charge in [-0.05, 0) is 30.6 Å². The van der Waals surface area contributed by atoms with Gasteiger partial charge >= 0.3 is 0 Å². The van der Waals surface area contributed by atoms with Crippen molar-refractivity contribution in [3.8, 4) is 0 Å². The molecule has 0 spiro atoms. The third-order valence-corrected chi connectivity index (χ3v) is 8.51. The Kier molecular flexibility index (Phi) is 5.45. The van der Waals surface area contributed by atoms with E-state index in [0.717, 1.165) is 30.1 Å². The van der Waals surface area contributed by atoms with E-state index in [4.69, 9.17) is 0 Å². The monoisotopic (exact) mass is 326 g/mol. The molecule has 1 heteroatoms. The molecule has 2 bridgehead atoms. The standard InChI is InChI=1S/C23H39B/c1-2-9-22(23-16-14-19(18-23)15-17-23)24(20-10-5-3-6-11-20)21-12-7-4-8-13-21/h14,16,19-22H,2-13,15,17-18H2,1H3. The average molecular weight is 326 g/mol. The second kappa shape index (κ2) is 7.59. The summed E-state index contributed by atoms with van der Waals surface area (Å²) in [6.07, 6.45) is 28.2. The highest BCUT2D eigenvalue weighted by Gasteiger charge is 2.52. The van der Waals surface area contributed by atoms with Crippen molar-refractivity contribution in [2.75, 3.05) is 0 Å². The average Bonchev–Trinajstić information content (AvgIpc) is 3.25. The van der Waals surface area contributed by atoms with Crippen LogP contribution in [-0.4, -0.2) is 6.71 Å². The molecule has 0 aliphatic heterocycles. The van der Waals surface area contributed by atoms with E-state index in [2.05, 4.69) is 19.1 Å². The largest absolute Gasteiger partial charge is 0.150 e. The maximum Gasteiger partial charge on any atom is 0.150 e. The summed E-state index contributed by atoms with van der Waals surface area (Å²) >= 11 is 0. The van der Waals surface area contributed by atoms with Gasteiger partial charge in [0.25, 0.3) is 0 Å². The van der Waals surface area contributed by atoms with E-state index in [1.54, 1.807) is 25.7 Å². The van der Waals surface area contributed by atoms with E-state index in [-0.39, 0.29) is 0 Å². The van der Waals surface area contributed by atoms with E-state index >= 15 is 0 Å². The molecule has 0 N–H and O–H groups in total. The second-order valence-electron chi connectivity index (χ2n) is 9.86. The number of fused-ring (bicyclic) bond motifs is 2. The van der Waals surface area contributed by atoms with Crippen LogP contribution in [0.1, 0.15) is 103 Å². The van der Waals surface area contributed by atoms with Crippen molar-refractivity contribution in [2.45, 2.75) is 121 Å². The van der Waals surface area contributed by atoms with Crippen LogP contribution in [0.3, 0.4) is 0 Å². The zero-order valence-corrected chi connectivity index (χ0v) is 16.1. The van der Waals surface area contributed by atoms with Crippen molar-refractivity contribution in [1.82, 2.24) is 0 Å². The molecule has 4 aliphatic carbocycles. The number of hydrogen-bond acceptors (Lipinski definition) is 0. The highest BCUT2D eigenvalue weighted by molar-refractivity contribution is 6.64. The topological polar surface area (TPSA) is 0 Å². The first kappa shape index (κ1) is 17.2. The SMILES string of the molecule is CCCC(B(C1CCCCC1)C1CCCCC1)C12C=CC(CC1)C2. The van der Waals surface area contributed by atoms with Gasteiger partial charge in [0.05, 0.1) is 0 Å². The van der Waals surface area contributed by atoms with Gasteiger partial charge in [-0.1, -0.05) is 114 Å². The molecule has 24 heavy (non-hydrogen) atoms. The highest BCUT2D eigenvalue weighted by Crippen LogP contribution is 2.62. The van der Waals surface area contributed by atoms with Crippen LogP contribution in [0.5, 0.6) is 0 Å². The Balaban J connectivity index is 1.62. The Bertz CT molecular complexity index is 411.